The molecule has 1 aromatic rings. The molecule has 2 heteroatoms. The van der Waals surface area contributed by atoms with E-state index >= 15 is 0 Å². The molecule has 2 rings (SSSR count). The van der Waals surface area contributed by atoms with Crippen molar-refractivity contribution in [2.24, 2.45) is 5.92 Å². The molecule has 19 heavy (non-hydrogen) atoms. The zero-order valence-corrected chi connectivity index (χ0v) is 12.8. The fourth-order valence-electron chi connectivity index (χ4n) is 3.05. The maximum Gasteiger partial charge on any atom is 0.122 e. The number of ether oxygens (including phenoxy) is 1. The van der Waals surface area contributed by atoms with Crippen LogP contribution in [0.5, 0.6) is 5.75 Å². The van der Waals surface area contributed by atoms with Crippen LogP contribution in [0.25, 0.3) is 0 Å². The Labute approximate surface area is 117 Å². The van der Waals surface area contributed by atoms with Gasteiger partial charge in [0.25, 0.3) is 0 Å². The third-order valence-corrected chi connectivity index (χ3v) is 4.38. The predicted octanol–water partition coefficient (Wildman–Crippen LogP) is 3.77. The van der Waals surface area contributed by atoms with E-state index in [4.69, 9.17) is 4.74 Å². The first-order valence-corrected chi connectivity index (χ1v) is 7.51. The lowest BCUT2D eigenvalue weighted by Crippen LogP contribution is -2.36. The summed E-state index contributed by atoms with van der Waals surface area (Å²) in [6.45, 7) is 7.54. The van der Waals surface area contributed by atoms with Gasteiger partial charge in [0, 0.05) is 12.5 Å². The Bertz CT molecular complexity index is 426. The van der Waals surface area contributed by atoms with Gasteiger partial charge in [0.1, 0.15) is 11.9 Å². The van der Waals surface area contributed by atoms with Gasteiger partial charge in [-0.25, -0.2) is 0 Å². The molecule has 1 aliphatic rings. The van der Waals surface area contributed by atoms with E-state index in [1.165, 1.54) is 42.4 Å². The van der Waals surface area contributed by atoms with E-state index in [0.717, 1.165) is 12.3 Å². The molecule has 1 N–H and O–H groups in total. The summed E-state index contributed by atoms with van der Waals surface area (Å²) in [5.41, 5.74) is 3.93. The molecule has 0 aliphatic heterocycles. The Hall–Kier alpha value is -1.02. The fourth-order valence-corrected chi connectivity index (χ4v) is 3.05. The number of benzene rings is 1. The van der Waals surface area contributed by atoms with Crippen LogP contribution < -0.4 is 10.1 Å². The highest BCUT2D eigenvalue weighted by molar-refractivity contribution is 5.41. The van der Waals surface area contributed by atoms with Crippen LogP contribution in [0.15, 0.2) is 12.1 Å². The standard InChI is InChI=1S/C17H27NO/c1-12-9-14(3)17(10-13(12)2)19-16-8-6-5-7-15(16)11-18-4/h9-10,15-16,18H,5-8,11H2,1-4H3. The first-order chi connectivity index (χ1) is 9.11. The summed E-state index contributed by atoms with van der Waals surface area (Å²) < 4.78 is 6.35. The Morgan fingerprint density at radius 3 is 2.47 bits per heavy atom. The van der Waals surface area contributed by atoms with Crippen molar-refractivity contribution in [1.29, 1.82) is 0 Å². The van der Waals surface area contributed by atoms with Gasteiger partial charge in [-0.05, 0) is 69.8 Å². The molecule has 0 aromatic heterocycles. The number of nitrogens with one attached hydrogen (secondary N) is 1. The third-order valence-electron chi connectivity index (χ3n) is 4.38. The van der Waals surface area contributed by atoms with Gasteiger partial charge in [-0.15, -0.1) is 0 Å². The maximum atomic E-state index is 6.35. The molecular weight excluding hydrogens is 234 g/mol. The molecule has 2 atom stereocenters. The van der Waals surface area contributed by atoms with Gasteiger partial charge in [0.05, 0.1) is 0 Å². The first-order valence-electron chi connectivity index (χ1n) is 7.51. The van der Waals surface area contributed by atoms with Crippen molar-refractivity contribution in [3.05, 3.63) is 28.8 Å². The van der Waals surface area contributed by atoms with Gasteiger partial charge in [-0.1, -0.05) is 12.5 Å². The van der Waals surface area contributed by atoms with Crippen molar-refractivity contribution in [2.75, 3.05) is 13.6 Å². The summed E-state index contributed by atoms with van der Waals surface area (Å²) in [4.78, 5) is 0. The van der Waals surface area contributed by atoms with Crippen molar-refractivity contribution >= 4 is 0 Å². The van der Waals surface area contributed by atoms with Crippen LogP contribution in [0.2, 0.25) is 0 Å². The van der Waals surface area contributed by atoms with Crippen LogP contribution in [0.4, 0.5) is 0 Å². The van der Waals surface area contributed by atoms with Crippen molar-refractivity contribution in [3.8, 4) is 5.75 Å². The van der Waals surface area contributed by atoms with E-state index < -0.39 is 0 Å². The molecule has 0 amide bonds. The van der Waals surface area contributed by atoms with Crippen LogP contribution in [0.1, 0.15) is 42.4 Å². The Kier molecular flexibility index (Phi) is 4.87. The van der Waals surface area contributed by atoms with E-state index in [1.807, 2.05) is 7.05 Å². The van der Waals surface area contributed by atoms with Crippen LogP contribution in [-0.4, -0.2) is 19.7 Å². The number of aryl methyl sites for hydroxylation is 3. The molecule has 0 saturated heterocycles. The third kappa shape index (κ3) is 3.50. The number of hydrogen-bond donors (Lipinski definition) is 1. The van der Waals surface area contributed by atoms with Gasteiger partial charge in [0.2, 0.25) is 0 Å². The van der Waals surface area contributed by atoms with Gasteiger partial charge in [-0.2, -0.15) is 0 Å². The summed E-state index contributed by atoms with van der Waals surface area (Å²) in [5, 5.41) is 3.31. The lowest BCUT2D eigenvalue weighted by Gasteiger charge is -2.32. The summed E-state index contributed by atoms with van der Waals surface area (Å²) >= 11 is 0. The van der Waals surface area contributed by atoms with Gasteiger partial charge >= 0.3 is 0 Å². The van der Waals surface area contributed by atoms with Gasteiger partial charge in [0.15, 0.2) is 0 Å². The summed E-state index contributed by atoms with van der Waals surface area (Å²) in [7, 11) is 2.03. The van der Waals surface area contributed by atoms with Crippen LogP contribution in [0.3, 0.4) is 0 Å². The van der Waals surface area contributed by atoms with E-state index in [9.17, 15) is 0 Å². The van der Waals surface area contributed by atoms with E-state index in [2.05, 4.69) is 38.2 Å². The van der Waals surface area contributed by atoms with E-state index in [-0.39, 0.29) is 0 Å². The predicted molar refractivity (Wildman–Crippen MR) is 81.0 cm³/mol. The molecule has 2 nitrogen and oxygen atoms in total. The van der Waals surface area contributed by atoms with E-state index in [0.29, 0.717) is 12.0 Å². The second-order valence-electron chi connectivity index (χ2n) is 5.96. The van der Waals surface area contributed by atoms with Crippen molar-refractivity contribution in [1.82, 2.24) is 5.32 Å². The van der Waals surface area contributed by atoms with Crippen LogP contribution in [0, 0.1) is 26.7 Å². The molecule has 0 radical (unpaired) electrons. The first kappa shape index (κ1) is 14.4. The smallest absolute Gasteiger partial charge is 0.122 e. The number of hydrogen-bond acceptors (Lipinski definition) is 2. The minimum atomic E-state index is 0.377. The van der Waals surface area contributed by atoms with Gasteiger partial charge < -0.3 is 10.1 Å². The topological polar surface area (TPSA) is 21.3 Å². The minimum absolute atomic E-state index is 0.377. The molecule has 0 spiro atoms. The van der Waals surface area contributed by atoms with Gasteiger partial charge in [-0.3, -0.25) is 0 Å². The van der Waals surface area contributed by atoms with Crippen molar-refractivity contribution in [3.63, 3.8) is 0 Å². The molecule has 1 saturated carbocycles. The zero-order valence-electron chi connectivity index (χ0n) is 12.8. The summed E-state index contributed by atoms with van der Waals surface area (Å²) in [6.07, 6.45) is 5.50. The molecule has 0 heterocycles. The number of rotatable bonds is 4. The van der Waals surface area contributed by atoms with Crippen molar-refractivity contribution in [2.45, 2.75) is 52.6 Å². The van der Waals surface area contributed by atoms with Crippen LogP contribution >= 0.6 is 0 Å². The second-order valence-corrected chi connectivity index (χ2v) is 5.96. The lowest BCUT2D eigenvalue weighted by atomic mass is 9.86. The molecular formula is C17H27NO. The molecule has 1 aromatic carbocycles. The highest BCUT2D eigenvalue weighted by atomic mass is 16.5. The van der Waals surface area contributed by atoms with Crippen molar-refractivity contribution < 1.29 is 4.74 Å². The average Bonchev–Trinajstić information content (AvgIpc) is 2.38. The Morgan fingerprint density at radius 1 is 1.05 bits per heavy atom. The lowest BCUT2D eigenvalue weighted by molar-refractivity contribution is 0.0923. The molecule has 0 bridgehead atoms. The zero-order chi connectivity index (χ0) is 13.8. The Balaban J connectivity index is 2.12. The molecule has 1 fully saturated rings. The summed E-state index contributed by atoms with van der Waals surface area (Å²) in [5.74, 6) is 1.73. The molecule has 1 aliphatic carbocycles. The Morgan fingerprint density at radius 2 is 1.74 bits per heavy atom. The molecule has 106 valence electrons. The second kappa shape index (κ2) is 6.42. The fraction of sp³-hybridized carbons (Fsp3) is 0.647. The largest absolute Gasteiger partial charge is 0.490 e. The quantitative estimate of drug-likeness (QED) is 0.891. The highest BCUT2D eigenvalue weighted by Crippen LogP contribution is 2.30. The minimum Gasteiger partial charge on any atom is -0.490 e. The average molecular weight is 261 g/mol. The van der Waals surface area contributed by atoms with E-state index in [1.54, 1.807) is 0 Å². The monoisotopic (exact) mass is 261 g/mol. The summed E-state index contributed by atoms with van der Waals surface area (Å²) in [6, 6.07) is 4.44. The SMILES string of the molecule is CNCC1CCCCC1Oc1cc(C)c(C)cc1C. The molecule has 2 unspecified atom stereocenters. The normalized spacial score (nSPS) is 23.4. The van der Waals surface area contributed by atoms with Crippen LogP contribution in [-0.2, 0) is 0 Å². The highest BCUT2D eigenvalue weighted by Gasteiger charge is 2.26. The maximum absolute atomic E-state index is 6.35.